The Bertz CT molecular complexity index is 1260. The first-order valence-corrected chi connectivity index (χ1v) is 10.2. The lowest BCUT2D eigenvalue weighted by atomic mass is 9.75. The third kappa shape index (κ3) is 2.94. The van der Waals surface area contributed by atoms with Crippen molar-refractivity contribution >= 4 is 28.8 Å². The van der Waals surface area contributed by atoms with Crippen LogP contribution < -0.4 is 10.2 Å². The Hall–Kier alpha value is -3.80. The fraction of sp³-hybridized carbons (Fsp3) is 0.364. The average Bonchev–Trinajstić information content (AvgIpc) is 3.42. The van der Waals surface area contributed by atoms with Gasteiger partial charge < -0.3 is 5.32 Å². The van der Waals surface area contributed by atoms with Gasteiger partial charge in [-0.25, -0.2) is 9.50 Å². The summed E-state index contributed by atoms with van der Waals surface area (Å²) in [5, 5.41) is 17.0. The topological polar surface area (TPSA) is 116 Å². The molecule has 2 aliphatic rings. The van der Waals surface area contributed by atoms with Crippen LogP contribution in [0.3, 0.4) is 0 Å². The van der Waals surface area contributed by atoms with E-state index in [0.717, 1.165) is 12.8 Å². The minimum atomic E-state index is -0.985. The molecule has 2 atom stereocenters. The molecule has 31 heavy (non-hydrogen) atoms. The van der Waals surface area contributed by atoms with Crippen LogP contribution in [0, 0.1) is 28.6 Å². The van der Waals surface area contributed by atoms with E-state index < -0.39 is 5.41 Å². The van der Waals surface area contributed by atoms with Crippen molar-refractivity contribution in [3.05, 3.63) is 36.9 Å². The number of anilines is 2. The lowest BCUT2D eigenvalue weighted by Crippen LogP contribution is -2.37. The Morgan fingerprint density at radius 2 is 2.16 bits per heavy atom. The smallest absolute Gasteiger partial charge is 0.249 e. The SMILES string of the molecule is CC(=O)Nc1cncc(-c2cn3nccc3c(N3C[C@@H](C)[C@@](C#N)(C4CC4)C3=O)n2)c1. The normalized spacial score (nSPS) is 23.2. The van der Waals surface area contributed by atoms with E-state index in [-0.39, 0.29) is 23.7 Å². The van der Waals surface area contributed by atoms with Crippen molar-refractivity contribution in [3.63, 3.8) is 0 Å². The van der Waals surface area contributed by atoms with Gasteiger partial charge in [0.1, 0.15) is 10.9 Å². The van der Waals surface area contributed by atoms with Crippen molar-refractivity contribution < 1.29 is 9.59 Å². The molecule has 2 amide bonds. The quantitative estimate of drug-likeness (QED) is 0.700. The molecule has 2 fully saturated rings. The van der Waals surface area contributed by atoms with Crippen LogP contribution in [0.4, 0.5) is 11.5 Å². The van der Waals surface area contributed by atoms with E-state index >= 15 is 0 Å². The Labute approximate surface area is 178 Å². The first-order valence-electron chi connectivity index (χ1n) is 10.2. The summed E-state index contributed by atoms with van der Waals surface area (Å²) in [6.45, 7) is 3.84. The van der Waals surface area contributed by atoms with Crippen LogP contribution in [0.2, 0.25) is 0 Å². The molecule has 0 spiro atoms. The summed E-state index contributed by atoms with van der Waals surface area (Å²) in [5.74, 6) is 0.139. The van der Waals surface area contributed by atoms with Gasteiger partial charge in [-0.15, -0.1) is 0 Å². The van der Waals surface area contributed by atoms with E-state index in [2.05, 4.69) is 21.5 Å². The van der Waals surface area contributed by atoms with Crippen LogP contribution in [-0.4, -0.2) is 37.9 Å². The molecule has 1 saturated heterocycles. The minimum absolute atomic E-state index is 0.0873. The van der Waals surface area contributed by atoms with Crippen LogP contribution in [0.1, 0.15) is 26.7 Å². The van der Waals surface area contributed by atoms with Gasteiger partial charge in [0.2, 0.25) is 11.8 Å². The second-order valence-electron chi connectivity index (χ2n) is 8.33. The van der Waals surface area contributed by atoms with Gasteiger partial charge in [-0.3, -0.25) is 19.5 Å². The molecule has 5 rings (SSSR count). The molecule has 1 saturated carbocycles. The third-order valence-corrected chi connectivity index (χ3v) is 6.22. The Balaban J connectivity index is 1.61. The molecule has 9 heteroatoms. The number of hydrogen-bond donors (Lipinski definition) is 1. The van der Waals surface area contributed by atoms with Gasteiger partial charge in [0, 0.05) is 31.1 Å². The van der Waals surface area contributed by atoms with Crippen molar-refractivity contribution in [1.29, 1.82) is 5.26 Å². The van der Waals surface area contributed by atoms with Crippen molar-refractivity contribution in [2.24, 2.45) is 17.3 Å². The number of amides is 2. The van der Waals surface area contributed by atoms with Gasteiger partial charge in [0.05, 0.1) is 36.0 Å². The molecule has 3 aromatic heterocycles. The standard InChI is InChI=1S/C22H21N7O2/c1-13-10-28(21(31)22(13,12-23)16-3-4-16)20-19-5-6-25-29(19)11-18(27-20)15-7-17(9-24-8-15)26-14(2)30/h5-9,11,13,16H,3-4,10H2,1-2H3,(H,26,30)/t13-,22+/m1/s1. The number of hydrogen-bond acceptors (Lipinski definition) is 6. The number of carbonyl (C=O) groups excluding carboxylic acids is 2. The molecule has 156 valence electrons. The largest absolute Gasteiger partial charge is 0.325 e. The number of nitriles is 1. The number of pyridine rings is 1. The maximum atomic E-state index is 13.5. The summed E-state index contributed by atoms with van der Waals surface area (Å²) in [6, 6.07) is 5.94. The third-order valence-electron chi connectivity index (χ3n) is 6.22. The zero-order chi connectivity index (χ0) is 21.8. The number of nitrogens with zero attached hydrogens (tertiary/aromatic N) is 6. The number of nitrogens with one attached hydrogen (secondary N) is 1. The highest BCUT2D eigenvalue weighted by Crippen LogP contribution is 2.54. The lowest BCUT2D eigenvalue weighted by molar-refractivity contribution is -0.125. The number of aromatic nitrogens is 4. The highest BCUT2D eigenvalue weighted by atomic mass is 16.2. The monoisotopic (exact) mass is 415 g/mol. The van der Waals surface area contributed by atoms with E-state index in [4.69, 9.17) is 4.98 Å². The van der Waals surface area contributed by atoms with Crippen molar-refractivity contribution in [2.45, 2.75) is 26.7 Å². The maximum Gasteiger partial charge on any atom is 0.249 e. The molecular formula is C22H21N7O2. The predicted octanol–water partition coefficient (Wildman–Crippen LogP) is 2.65. The fourth-order valence-corrected chi connectivity index (χ4v) is 4.58. The van der Waals surface area contributed by atoms with E-state index in [9.17, 15) is 14.9 Å². The Morgan fingerprint density at radius 3 is 2.87 bits per heavy atom. The predicted molar refractivity (Wildman–Crippen MR) is 113 cm³/mol. The molecule has 0 radical (unpaired) electrons. The first-order chi connectivity index (χ1) is 14.9. The Morgan fingerprint density at radius 1 is 1.35 bits per heavy atom. The van der Waals surface area contributed by atoms with Crippen LogP contribution in [-0.2, 0) is 9.59 Å². The zero-order valence-electron chi connectivity index (χ0n) is 17.2. The summed E-state index contributed by atoms with van der Waals surface area (Å²) < 4.78 is 1.67. The highest BCUT2D eigenvalue weighted by Gasteiger charge is 2.61. The van der Waals surface area contributed by atoms with Gasteiger partial charge in [0.15, 0.2) is 5.82 Å². The van der Waals surface area contributed by atoms with Crippen molar-refractivity contribution in [1.82, 2.24) is 19.6 Å². The van der Waals surface area contributed by atoms with Gasteiger partial charge in [-0.2, -0.15) is 10.4 Å². The second kappa shape index (κ2) is 6.87. The van der Waals surface area contributed by atoms with Gasteiger partial charge in [0.25, 0.3) is 0 Å². The average molecular weight is 415 g/mol. The number of carbonyl (C=O) groups is 2. The molecule has 1 N–H and O–H groups in total. The number of fused-ring (bicyclic) bond motifs is 1. The van der Waals surface area contributed by atoms with Gasteiger partial charge in [-0.1, -0.05) is 6.92 Å². The van der Waals surface area contributed by atoms with Crippen molar-refractivity contribution in [3.8, 4) is 17.3 Å². The molecule has 0 unspecified atom stereocenters. The molecule has 0 aromatic carbocycles. The summed E-state index contributed by atoms with van der Waals surface area (Å²) in [4.78, 5) is 35.5. The molecule has 0 bridgehead atoms. The molecule has 1 aliphatic carbocycles. The molecular weight excluding hydrogens is 394 g/mol. The second-order valence-corrected chi connectivity index (χ2v) is 8.33. The molecule has 9 nitrogen and oxygen atoms in total. The van der Waals surface area contributed by atoms with Crippen LogP contribution in [0.15, 0.2) is 36.9 Å². The van der Waals surface area contributed by atoms with Crippen LogP contribution in [0.5, 0.6) is 0 Å². The van der Waals surface area contributed by atoms with Gasteiger partial charge in [-0.05, 0) is 30.9 Å². The lowest BCUT2D eigenvalue weighted by Gasteiger charge is -2.23. The molecule has 3 aromatic rings. The Kier molecular flexibility index (Phi) is 4.25. The summed E-state index contributed by atoms with van der Waals surface area (Å²) in [6.07, 6.45) is 8.43. The van der Waals surface area contributed by atoms with E-state index in [1.807, 2.05) is 6.92 Å². The van der Waals surface area contributed by atoms with Gasteiger partial charge >= 0.3 is 0 Å². The zero-order valence-corrected chi connectivity index (χ0v) is 17.2. The minimum Gasteiger partial charge on any atom is -0.325 e. The summed E-state index contributed by atoms with van der Waals surface area (Å²) >= 11 is 0. The first kappa shape index (κ1) is 19.2. The fourth-order valence-electron chi connectivity index (χ4n) is 4.58. The summed E-state index contributed by atoms with van der Waals surface area (Å²) in [5.41, 5.74) is 1.50. The van der Waals surface area contributed by atoms with E-state index in [0.29, 0.717) is 34.8 Å². The van der Waals surface area contributed by atoms with E-state index in [1.54, 1.807) is 46.3 Å². The molecule has 4 heterocycles. The van der Waals surface area contributed by atoms with Crippen molar-refractivity contribution in [2.75, 3.05) is 16.8 Å². The van der Waals surface area contributed by atoms with Crippen LogP contribution in [0.25, 0.3) is 16.8 Å². The van der Waals surface area contributed by atoms with Crippen LogP contribution >= 0.6 is 0 Å². The summed E-state index contributed by atoms with van der Waals surface area (Å²) in [7, 11) is 0. The highest BCUT2D eigenvalue weighted by molar-refractivity contribution is 6.04. The van der Waals surface area contributed by atoms with E-state index in [1.165, 1.54) is 6.92 Å². The maximum absolute atomic E-state index is 13.5. The molecule has 1 aliphatic heterocycles. The number of rotatable bonds is 4.